The summed E-state index contributed by atoms with van der Waals surface area (Å²) >= 11 is 1.43. The number of carbonyl (C=O) groups is 1. The molecule has 6 N–H and O–H groups in total. The van der Waals surface area contributed by atoms with E-state index in [0.717, 1.165) is 72.1 Å². The van der Waals surface area contributed by atoms with Crippen LogP contribution in [0.5, 0.6) is 0 Å². The third kappa shape index (κ3) is 14.6. The number of carbonyl (C=O) groups excluding carboxylic acids is 1. The molecule has 2 saturated heterocycles. The molecule has 0 radical (unpaired) electrons. The predicted octanol–water partition coefficient (Wildman–Crippen LogP) is 7.12. The van der Waals surface area contributed by atoms with Crippen LogP contribution in [-0.2, 0) is 14.3 Å². The van der Waals surface area contributed by atoms with E-state index in [-0.39, 0.29) is 11.7 Å². The van der Waals surface area contributed by atoms with Crippen LogP contribution in [0.1, 0.15) is 109 Å². The van der Waals surface area contributed by atoms with Gasteiger partial charge in [-0.1, -0.05) is 95.3 Å². The van der Waals surface area contributed by atoms with Gasteiger partial charge < -0.3 is 41.0 Å². The normalized spacial score (nSPS) is 18.6. The topological polar surface area (TPSA) is 227 Å². The van der Waals surface area contributed by atoms with Gasteiger partial charge in [0.15, 0.2) is 11.4 Å². The molecule has 0 unspecified atom stereocenters. The van der Waals surface area contributed by atoms with Crippen LogP contribution in [-0.4, -0.2) is 85.7 Å². The maximum Gasteiger partial charge on any atom is 0.351 e. The molecule has 0 aliphatic carbocycles. The molecule has 17 heteroatoms. The number of aryl methyl sites for hydroxylation is 1. The van der Waals surface area contributed by atoms with E-state index >= 15 is 0 Å². The molecule has 1 aromatic carbocycles. The smallest absolute Gasteiger partial charge is 0.351 e. The van der Waals surface area contributed by atoms with Gasteiger partial charge in [-0.2, -0.15) is 10.2 Å². The maximum atomic E-state index is 12.4. The summed E-state index contributed by atoms with van der Waals surface area (Å²) < 4.78 is 11.9. The first-order valence-electron chi connectivity index (χ1n) is 21.7. The fourth-order valence-electron chi connectivity index (χ4n) is 7.37. The van der Waals surface area contributed by atoms with Crippen LogP contribution in [0.3, 0.4) is 0 Å². The van der Waals surface area contributed by atoms with Gasteiger partial charge in [-0.25, -0.2) is 19.7 Å². The molecular weight excluding hydrogens is 797 g/mol. The van der Waals surface area contributed by atoms with Gasteiger partial charge in [0.05, 0.1) is 42.2 Å². The summed E-state index contributed by atoms with van der Waals surface area (Å²) in [5.41, 5.74) is 8.92. The molecule has 2 aliphatic rings. The summed E-state index contributed by atoms with van der Waals surface area (Å²) in [6.07, 6.45) is 16.4. The largest absolute Gasteiger partial charge is 0.394 e. The van der Waals surface area contributed by atoms with Gasteiger partial charge in [-0.05, 0) is 49.7 Å². The Morgan fingerprint density at radius 2 is 1.61 bits per heavy atom. The molecular formula is C44H62N10O6S. The molecule has 6 rings (SSSR count). The van der Waals surface area contributed by atoms with Gasteiger partial charge in [0.2, 0.25) is 11.9 Å². The number of hydrogen-bond donors (Lipinski definition) is 5. The Morgan fingerprint density at radius 3 is 2.20 bits per heavy atom. The summed E-state index contributed by atoms with van der Waals surface area (Å²) in [6, 6.07) is 13.5. The first-order valence-corrected chi connectivity index (χ1v) is 22.5. The number of thiazole rings is 1. The average Bonchev–Trinajstić information content (AvgIpc) is 3.79. The van der Waals surface area contributed by atoms with Crippen molar-refractivity contribution in [3.8, 4) is 16.6 Å². The van der Waals surface area contributed by atoms with E-state index < -0.39 is 36.7 Å². The quantitative estimate of drug-likeness (QED) is 0.0526. The summed E-state index contributed by atoms with van der Waals surface area (Å²) in [5, 5.41) is 35.1. The third-order valence-corrected chi connectivity index (χ3v) is 11.8. The number of morpholine rings is 1. The Hall–Kier alpha value is -4.99. The number of amides is 1. The second kappa shape index (κ2) is 25.1. The highest BCUT2D eigenvalue weighted by Gasteiger charge is 2.45. The number of nitrogen functional groups attached to an aromatic ring is 1. The Morgan fingerprint density at radius 1 is 0.951 bits per heavy atom. The van der Waals surface area contributed by atoms with E-state index in [9.17, 15) is 25.1 Å². The van der Waals surface area contributed by atoms with Crippen molar-refractivity contribution < 1.29 is 24.5 Å². The number of nitrogens with one attached hydrogen (secondary N) is 2. The zero-order valence-electron chi connectivity index (χ0n) is 35.5. The standard InChI is InChI=1S/C26H42N4O5.C18H20N6OS/c1-2-3-4-5-6-7-8-9-10-11-12-13-14-15-23(32)28-22-16-17-30(26(34)29-22)25-20(18-27)24(33)21(19-31)35-25;1-12-16(26-17(19)21-12)15-6-7-20-18(23-15)22-13-2-4-14(5-3-13)24-8-10-25-11-9-24/h16-17,20-21,24-25,31,33H,2-15,19H2,1H3,(H,28,29,32,34);2-7H,8-11H2,1H3,(H2,19,21)(H,20,22,23)/t20-,21+,24-,25+;/m0./s1. The van der Waals surface area contributed by atoms with Crippen molar-refractivity contribution in [3.05, 3.63) is 65.0 Å². The van der Waals surface area contributed by atoms with E-state index in [2.05, 4.69) is 54.5 Å². The molecule has 16 nitrogen and oxygen atoms in total. The second-order valence-electron chi connectivity index (χ2n) is 15.4. The lowest BCUT2D eigenvalue weighted by Gasteiger charge is -2.28. The van der Waals surface area contributed by atoms with Gasteiger partial charge in [0.25, 0.3) is 0 Å². The molecule has 0 saturated carbocycles. The fraction of sp³-hybridized carbons (Fsp3) is 0.568. The highest BCUT2D eigenvalue weighted by atomic mass is 32.1. The summed E-state index contributed by atoms with van der Waals surface area (Å²) in [4.78, 5) is 44.9. The number of aliphatic hydroxyl groups is 2. The van der Waals surface area contributed by atoms with E-state index in [1.54, 1.807) is 6.20 Å². The van der Waals surface area contributed by atoms with E-state index in [1.165, 1.54) is 93.5 Å². The Labute approximate surface area is 362 Å². The van der Waals surface area contributed by atoms with Crippen molar-refractivity contribution in [2.45, 2.75) is 122 Å². The van der Waals surface area contributed by atoms with Crippen molar-refractivity contribution in [1.29, 1.82) is 5.26 Å². The zero-order chi connectivity index (χ0) is 43.4. The average molecular weight is 859 g/mol. The van der Waals surface area contributed by atoms with Gasteiger partial charge >= 0.3 is 5.69 Å². The minimum atomic E-state index is -1.21. The lowest BCUT2D eigenvalue weighted by Crippen LogP contribution is -2.36. The third-order valence-electron chi connectivity index (χ3n) is 10.8. The summed E-state index contributed by atoms with van der Waals surface area (Å²) in [7, 11) is 0. The van der Waals surface area contributed by atoms with Crippen LogP contribution in [0.2, 0.25) is 0 Å². The zero-order valence-corrected chi connectivity index (χ0v) is 36.3. The molecule has 1 amide bonds. The van der Waals surface area contributed by atoms with Gasteiger partial charge in [-0.15, -0.1) is 0 Å². The van der Waals surface area contributed by atoms with E-state index in [0.29, 0.717) is 17.5 Å². The highest BCUT2D eigenvalue weighted by Crippen LogP contribution is 2.34. The molecule has 3 aromatic heterocycles. The molecule has 4 aromatic rings. The summed E-state index contributed by atoms with van der Waals surface area (Å²) in [6.45, 7) is 7.12. The molecule has 61 heavy (non-hydrogen) atoms. The lowest BCUT2D eigenvalue weighted by molar-refractivity contribution is -0.116. The van der Waals surface area contributed by atoms with Crippen molar-refractivity contribution >= 4 is 45.5 Å². The highest BCUT2D eigenvalue weighted by molar-refractivity contribution is 7.18. The first-order chi connectivity index (χ1) is 29.7. The summed E-state index contributed by atoms with van der Waals surface area (Å²) in [5.74, 6) is -0.521. The molecule has 5 heterocycles. The van der Waals surface area contributed by atoms with Gasteiger partial charge in [0, 0.05) is 43.3 Å². The molecule has 2 fully saturated rings. The van der Waals surface area contributed by atoms with E-state index in [4.69, 9.17) is 15.2 Å². The predicted molar refractivity (Wildman–Crippen MR) is 239 cm³/mol. The number of nitrogens with two attached hydrogens (primary N) is 1. The number of nitriles is 1. The van der Waals surface area contributed by atoms with Gasteiger partial charge in [0.1, 0.15) is 23.9 Å². The number of ether oxygens (including phenoxy) is 2. The first kappa shape index (κ1) is 47.1. The number of aromatic nitrogens is 5. The minimum Gasteiger partial charge on any atom is -0.394 e. The maximum absolute atomic E-state index is 12.4. The SMILES string of the molecule is CCCCCCCCCCCCCCCC(=O)Nc1ccn([C@@H]2O[C@H](CO)[C@@H](O)[C@@H]2C#N)c(=O)n1.Cc1nc(N)sc1-c1ccnc(Nc2ccc(N3CCOCC3)cc2)n1. The van der Waals surface area contributed by atoms with Crippen LogP contribution in [0.15, 0.2) is 53.6 Å². The monoisotopic (exact) mass is 858 g/mol. The molecule has 0 spiro atoms. The van der Waals surface area contributed by atoms with Crippen LogP contribution < -0.4 is 27.0 Å². The number of rotatable bonds is 21. The Kier molecular flexibility index (Phi) is 19.3. The number of unbranched alkanes of at least 4 members (excludes halogenated alkanes) is 12. The number of aliphatic hydroxyl groups excluding tert-OH is 2. The van der Waals surface area contributed by atoms with Crippen LogP contribution in [0.4, 0.5) is 28.3 Å². The van der Waals surface area contributed by atoms with Gasteiger partial charge in [-0.3, -0.25) is 9.36 Å². The molecule has 2 aliphatic heterocycles. The van der Waals surface area contributed by atoms with Crippen LogP contribution in [0.25, 0.3) is 10.6 Å². The number of benzene rings is 1. The van der Waals surface area contributed by atoms with Crippen molar-refractivity contribution in [1.82, 2.24) is 24.5 Å². The molecule has 4 atom stereocenters. The molecule has 330 valence electrons. The van der Waals surface area contributed by atoms with Crippen LogP contribution in [0, 0.1) is 24.2 Å². The van der Waals surface area contributed by atoms with Crippen LogP contribution >= 0.6 is 11.3 Å². The van der Waals surface area contributed by atoms with Crippen molar-refractivity contribution in [2.24, 2.45) is 5.92 Å². The molecule has 0 bridgehead atoms. The van der Waals surface area contributed by atoms with Crippen molar-refractivity contribution in [3.63, 3.8) is 0 Å². The lowest BCUT2D eigenvalue weighted by atomic mass is 10.0. The Bertz CT molecular complexity index is 2030. The minimum absolute atomic E-state index is 0.136. The van der Waals surface area contributed by atoms with E-state index in [1.807, 2.05) is 31.2 Å². The fourth-order valence-corrected chi connectivity index (χ4v) is 8.17. The van der Waals surface area contributed by atoms with Crippen molar-refractivity contribution in [2.75, 3.05) is 54.2 Å². The Balaban J connectivity index is 0.000000240. The number of anilines is 5. The number of hydrogen-bond acceptors (Lipinski definition) is 15. The number of nitrogens with zero attached hydrogens (tertiary/aromatic N) is 7. The second-order valence-corrected chi connectivity index (χ2v) is 16.5.